The van der Waals surface area contributed by atoms with E-state index in [0.717, 1.165) is 32.3 Å². The highest BCUT2D eigenvalue weighted by molar-refractivity contribution is 8.76. The van der Waals surface area contributed by atoms with Crippen LogP contribution in [0.1, 0.15) is 0 Å². The first kappa shape index (κ1) is 28.5. The van der Waals surface area contributed by atoms with Crippen molar-refractivity contribution < 1.29 is 0 Å². The summed E-state index contributed by atoms with van der Waals surface area (Å²) in [5, 5.41) is 6.58. The monoisotopic (exact) mass is 618 g/mol. The van der Waals surface area contributed by atoms with Crippen molar-refractivity contribution in [3.05, 3.63) is 97.1 Å². The number of para-hydroxylation sites is 2. The van der Waals surface area contributed by atoms with Crippen LogP contribution in [-0.4, -0.2) is 29.9 Å². The van der Waals surface area contributed by atoms with Crippen molar-refractivity contribution in [2.24, 2.45) is 0 Å². The van der Waals surface area contributed by atoms with Crippen molar-refractivity contribution in [3.8, 4) is 22.8 Å². The molecule has 0 saturated heterocycles. The maximum absolute atomic E-state index is 6.02. The van der Waals surface area contributed by atoms with Gasteiger partial charge >= 0.3 is 0 Å². The number of rotatable bonds is 9. The van der Waals surface area contributed by atoms with Crippen LogP contribution in [0.5, 0.6) is 0 Å². The number of nitrogens with two attached hydrogens (primary N) is 4. The summed E-state index contributed by atoms with van der Waals surface area (Å²) >= 11 is 0. The third-order valence-corrected chi connectivity index (χ3v) is 8.57. The Morgan fingerprint density at radius 2 is 0.886 bits per heavy atom. The van der Waals surface area contributed by atoms with E-state index < -0.39 is 0 Å². The number of hydrogen-bond donors (Lipinski definition) is 6. The van der Waals surface area contributed by atoms with E-state index in [0.29, 0.717) is 34.9 Å². The second-order valence-electron chi connectivity index (χ2n) is 9.34. The van der Waals surface area contributed by atoms with Gasteiger partial charge in [0.1, 0.15) is 0 Å². The third kappa shape index (κ3) is 6.88. The summed E-state index contributed by atoms with van der Waals surface area (Å²) in [6.07, 6.45) is 0. The van der Waals surface area contributed by atoms with E-state index >= 15 is 0 Å². The van der Waals surface area contributed by atoms with Crippen LogP contribution >= 0.6 is 21.6 Å². The largest absolute Gasteiger partial charge is 0.399 e. The Bertz CT molecular complexity index is 1810. The second kappa shape index (κ2) is 12.7. The molecule has 0 amide bonds. The molecule has 218 valence electrons. The van der Waals surface area contributed by atoms with Crippen LogP contribution in [0.2, 0.25) is 0 Å². The van der Waals surface area contributed by atoms with Crippen LogP contribution in [0.25, 0.3) is 22.8 Å². The van der Waals surface area contributed by atoms with E-state index in [1.165, 1.54) is 0 Å². The van der Waals surface area contributed by atoms with E-state index in [1.54, 1.807) is 45.9 Å². The number of aromatic nitrogens is 6. The topological polar surface area (TPSA) is 205 Å². The maximum atomic E-state index is 6.02. The van der Waals surface area contributed by atoms with Crippen LogP contribution in [0.15, 0.2) is 107 Å². The fourth-order valence-corrected chi connectivity index (χ4v) is 6.40. The standard InChI is InChI=1S/C30H26N12S2/c31-19-9-5-7-17(15-19)25-37-27(33)41-29(39-25)35-21-11-1-3-13-23(21)43-44-24-14-4-2-12-22(24)36-30-40-26(38-28(34)42-30)18-8-6-10-20(32)16-18/h1-16H,31-32H2,(H3,33,35,37,39,41)(H3,34,36,38,40,42). The molecule has 14 heteroatoms. The Morgan fingerprint density at radius 3 is 1.32 bits per heavy atom. The molecule has 0 fully saturated rings. The molecule has 0 unspecified atom stereocenters. The first-order valence-corrected chi connectivity index (χ1v) is 15.4. The lowest BCUT2D eigenvalue weighted by Crippen LogP contribution is -2.05. The van der Waals surface area contributed by atoms with E-state index in [9.17, 15) is 0 Å². The quantitative estimate of drug-likeness (QED) is 0.0811. The van der Waals surface area contributed by atoms with Gasteiger partial charge in [-0.3, -0.25) is 0 Å². The molecular formula is C30H26N12S2. The number of hydrogen-bond acceptors (Lipinski definition) is 14. The van der Waals surface area contributed by atoms with Crippen LogP contribution < -0.4 is 33.6 Å². The first-order valence-electron chi connectivity index (χ1n) is 13.2. The number of benzene rings is 4. The van der Waals surface area contributed by atoms with Gasteiger partial charge in [0.25, 0.3) is 0 Å². The van der Waals surface area contributed by atoms with Crippen LogP contribution in [-0.2, 0) is 0 Å². The zero-order chi connectivity index (χ0) is 30.5. The molecule has 0 aliphatic carbocycles. The summed E-state index contributed by atoms with van der Waals surface area (Å²) in [4.78, 5) is 28.2. The molecule has 0 saturated carbocycles. The van der Waals surface area contributed by atoms with Gasteiger partial charge in [-0.25, -0.2) is 0 Å². The molecule has 0 atom stereocenters. The van der Waals surface area contributed by atoms with Crippen molar-refractivity contribution in [2.45, 2.75) is 9.79 Å². The van der Waals surface area contributed by atoms with Crippen molar-refractivity contribution in [3.63, 3.8) is 0 Å². The summed E-state index contributed by atoms with van der Waals surface area (Å²) < 4.78 is 0. The molecule has 6 rings (SSSR count). The molecule has 2 aromatic heterocycles. The lowest BCUT2D eigenvalue weighted by molar-refractivity contribution is 1.07. The Morgan fingerprint density at radius 1 is 0.455 bits per heavy atom. The lowest BCUT2D eigenvalue weighted by atomic mass is 10.2. The molecule has 0 spiro atoms. The molecule has 0 bridgehead atoms. The minimum atomic E-state index is 0.0947. The fraction of sp³-hybridized carbons (Fsp3) is 0. The molecule has 6 aromatic rings. The van der Waals surface area contributed by atoms with Gasteiger partial charge in [-0.1, -0.05) is 70.1 Å². The fourth-order valence-electron chi connectivity index (χ4n) is 4.13. The maximum Gasteiger partial charge on any atom is 0.232 e. The number of nitrogens with one attached hydrogen (secondary N) is 2. The molecule has 0 aliphatic rings. The summed E-state index contributed by atoms with van der Waals surface area (Å²) in [7, 11) is 3.12. The number of anilines is 8. The molecule has 2 heterocycles. The Balaban J connectivity index is 1.21. The van der Waals surface area contributed by atoms with E-state index in [1.807, 2.05) is 72.8 Å². The third-order valence-electron chi connectivity index (χ3n) is 6.08. The van der Waals surface area contributed by atoms with E-state index in [-0.39, 0.29) is 11.9 Å². The highest BCUT2D eigenvalue weighted by atomic mass is 33.1. The Hall–Kier alpha value is -5.60. The molecule has 0 aliphatic heterocycles. The summed E-state index contributed by atoms with van der Waals surface area (Å²) in [5.74, 6) is 1.67. The average molecular weight is 619 g/mol. The number of nitrogens with zero attached hydrogens (tertiary/aromatic N) is 6. The minimum absolute atomic E-state index is 0.0947. The average Bonchev–Trinajstić information content (AvgIpc) is 3.01. The van der Waals surface area contributed by atoms with Gasteiger partial charge in [-0.2, -0.15) is 29.9 Å². The summed E-state index contributed by atoms with van der Waals surface area (Å²) in [6.45, 7) is 0. The summed E-state index contributed by atoms with van der Waals surface area (Å²) in [6, 6.07) is 30.2. The predicted octanol–water partition coefficient (Wildman–Crippen LogP) is 6.01. The van der Waals surface area contributed by atoms with Crippen molar-refractivity contribution in [2.75, 3.05) is 33.6 Å². The van der Waals surface area contributed by atoms with Gasteiger partial charge in [-0.15, -0.1) is 0 Å². The number of nitrogen functional groups attached to an aromatic ring is 4. The van der Waals surface area contributed by atoms with Gasteiger partial charge in [0.15, 0.2) is 11.6 Å². The van der Waals surface area contributed by atoms with E-state index in [2.05, 4.69) is 40.5 Å². The molecule has 10 N–H and O–H groups in total. The normalized spacial score (nSPS) is 10.8. The smallest absolute Gasteiger partial charge is 0.232 e. The Kier molecular flexibility index (Phi) is 8.25. The van der Waals surface area contributed by atoms with Gasteiger partial charge in [0, 0.05) is 32.3 Å². The van der Waals surface area contributed by atoms with Gasteiger partial charge in [0.2, 0.25) is 23.8 Å². The SMILES string of the molecule is Nc1cccc(-c2nc(N)nc(Nc3ccccc3SSc3ccccc3Nc3nc(N)nc(-c4cccc(N)c4)n3)n2)c1. The second-order valence-corrected chi connectivity index (χ2v) is 11.6. The predicted molar refractivity (Wildman–Crippen MR) is 179 cm³/mol. The van der Waals surface area contributed by atoms with Crippen LogP contribution in [0.4, 0.5) is 46.5 Å². The van der Waals surface area contributed by atoms with Crippen LogP contribution in [0.3, 0.4) is 0 Å². The van der Waals surface area contributed by atoms with Gasteiger partial charge in [0.05, 0.1) is 11.4 Å². The highest BCUT2D eigenvalue weighted by Gasteiger charge is 2.13. The summed E-state index contributed by atoms with van der Waals surface area (Å²) in [5.41, 5.74) is 28.2. The minimum Gasteiger partial charge on any atom is -0.399 e. The van der Waals surface area contributed by atoms with E-state index in [4.69, 9.17) is 22.9 Å². The lowest BCUT2D eigenvalue weighted by Gasteiger charge is -2.13. The molecule has 44 heavy (non-hydrogen) atoms. The van der Waals surface area contributed by atoms with Crippen LogP contribution in [0, 0.1) is 0 Å². The molecule has 12 nitrogen and oxygen atoms in total. The van der Waals surface area contributed by atoms with Gasteiger partial charge < -0.3 is 33.6 Å². The first-order chi connectivity index (χ1) is 21.4. The van der Waals surface area contributed by atoms with Gasteiger partial charge in [-0.05, 0) is 48.5 Å². The van der Waals surface area contributed by atoms with Crippen molar-refractivity contribution in [1.82, 2.24) is 29.9 Å². The molecule has 4 aromatic carbocycles. The van der Waals surface area contributed by atoms with Crippen molar-refractivity contribution in [1.29, 1.82) is 0 Å². The zero-order valence-electron chi connectivity index (χ0n) is 23.0. The highest BCUT2D eigenvalue weighted by Crippen LogP contribution is 2.44. The molecular weight excluding hydrogens is 593 g/mol. The zero-order valence-corrected chi connectivity index (χ0v) is 24.7. The molecule has 0 radical (unpaired) electrons. The Labute approximate surface area is 260 Å². The van der Waals surface area contributed by atoms with Crippen molar-refractivity contribution >= 4 is 68.1 Å².